The lowest BCUT2D eigenvalue weighted by Crippen LogP contribution is -2.04. The van der Waals surface area contributed by atoms with Crippen molar-refractivity contribution in [2.75, 3.05) is 11.9 Å². The maximum atomic E-state index is 10.5. The average molecular weight is 241 g/mol. The predicted molar refractivity (Wildman–Crippen MR) is 73.8 cm³/mol. The predicted octanol–water partition coefficient (Wildman–Crippen LogP) is 3.28. The third kappa shape index (κ3) is 2.88. The van der Waals surface area contributed by atoms with Gasteiger partial charge in [0.05, 0.1) is 0 Å². The summed E-state index contributed by atoms with van der Waals surface area (Å²) in [7, 11) is 0. The summed E-state index contributed by atoms with van der Waals surface area (Å²) in [5.41, 5.74) is 1.81. The molecule has 2 N–H and O–H groups in total. The van der Waals surface area contributed by atoms with Crippen LogP contribution < -0.4 is 5.32 Å². The van der Waals surface area contributed by atoms with Gasteiger partial charge in [-0.25, -0.2) is 4.79 Å². The summed E-state index contributed by atoms with van der Waals surface area (Å²) in [6.07, 6.45) is 1.22. The number of carboxylic acid groups (broad SMARTS) is 1. The van der Waals surface area contributed by atoms with Gasteiger partial charge in [-0.05, 0) is 23.9 Å². The van der Waals surface area contributed by atoms with Crippen LogP contribution in [0.4, 0.5) is 5.69 Å². The topological polar surface area (TPSA) is 49.3 Å². The summed E-state index contributed by atoms with van der Waals surface area (Å²) in [6.45, 7) is 2.33. The van der Waals surface area contributed by atoms with Gasteiger partial charge < -0.3 is 10.4 Å². The fourth-order valence-electron chi connectivity index (χ4n) is 1.88. The number of hydrogen-bond donors (Lipinski definition) is 2. The number of anilines is 1. The summed E-state index contributed by atoms with van der Waals surface area (Å²) in [5, 5.41) is 14.2. The molecule has 0 atom stereocenters. The van der Waals surface area contributed by atoms with E-state index in [1.807, 2.05) is 30.3 Å². The molecule has 0 amide bonds. The molecule has 0 spiro atoms. The van der Waals surface area contributed by atoms with Gasteiger partial charge in [0.25, 0.3) is 0 Å². The Morgan fingerprint density at radius 2 is 1.94 bits per heavy atom. The molecule has 2 aromatic rings. The third-order valence-electron chi connectivity index (χ3n) is 2.72. The number of carbonyl (C=O) groups is 1. The van der Waals surface area contributed by atoms with Crippen molar-refractivity contribution < 1.29 is 9.90 Å². The minimum atomic E-state index is -0.910. The molecule has 3 nitrogen and oxygen atoms in total. The third-order valence-corrected chi connectivity index (χ3v) is 2.72. The highest BCUT2D eigenvalue weighted by atomic mass is 16.4. The maximum Gasteiger partial charge on any atom is 0.328 e. The van der Waals surface area contributed by atoms with Crippen LogP contribution in [0, 0.1) is 0 Å². The number of aliphatic carboxylic acids is 1. The van der Waals surface area contributed by atoms with Gasteiger partial charge in [-0.15, -0.1) is 0 Å². The number of hydrogen-bond acceptors (Lipinski definition) is 2. The van der Waals surface area contributed by atoms with E-state index in [1.165, 1.54) is 11.5 Å². The Kier molecular flexibility index (Phi) is 3.63. The van der Waals surface area contributed by atoms with E-state index in [4.69, 9.17) is 5.11 Å². The van der Waals surface area contributed by atoms with E-state index in [-0.39, 0.29) is 0 Å². The molecule has 2 aromatic carbocycles. The van der Waals surface area contributed by atoms with Crippen molar-refractivity contribution >= 4 is 22.4 Å². The van der Waals surface area contributed by atoms with Crippen LogP contribution in [0.25, 0.3) is 10.8 Å². The largest absolute Gasteiger partial charge is 0.478 e. The standard InChI is InChI=1S/C15H15NO2/c1-11(9-15(17)18)10-16-14-8-4-6-12-5-2-3-7-13(12)14/h2-9,16H,10H2,1H3,(H,17,18)/b11-9-. The maximum absolute atomic E-state index is 10.5. The first kappa shape index (κ1) is 12.2. The molecule has 18 heavy (non-hydrogen) atoms. The highest BCUT2D eigenvalue weighted by molar-refractivity contribution is 5.93. The van der Waals surface area contributed by atoms with Crippen molar-refractivity contribution in [3.8, 4) is 0 Å². The zero-order chi connectivity index (χ0) is 13.0. The summed E-state index contributed by atoms with van der Waals surface area (Å²) in [6, 6.07) is 14.1. The second-order valence-electron chi connectivity index (χ2n) is 4.21. The Morgan fingerprint density at radius 1 is 1.22 bits per heavy atom. The minimum absolute atomic E-state index is 0.528. The summed E-state index contributed by atoms with van der Waals surface area (Å²) < 4.78 is 0. The SMILES string of the molecule is C/C(=C/C(=O)O)CNc1cccc2ccccc12. The van der Waals surface area contributed by atoms with Crippen LogP contribution in [-0.2, 0) is 4.79 Å². The fourth-order valence-corrected chi connectivity index (χ4v) is 1.88. The lowest BCUT2D eigenvalue weighted by atomic mass is 10.1. The molecule has 0 aliphatic rings. The molecular weight excluding hydrogens is 226 g/mol. The van der Waals surface area contributed by atoms with E-state index in [1.54, 1.807) is 6.92 Å². The monoisotopic (exact) mass is 241 g/mol. The van der Waals surface area contributed by atoms with Crippen LogP contribution in [0.15, 0.2) is 54.1 Å². The van der Waals surface area contributed by atoms with Crippen molar-refractivity contribution in [2.45, 2.75) is 6.92 Å². The molecule has 0 aliphatic heterocycles. The minimum Gasteiger partial charge on any atom is -0.478 e. The van der Waals surface area contributed by atoms with Gasteiger partial charge in [0, 0.05) is 23.7 Å². The van der Waals surface area contributed by atoms with Crippen LogP contribution >= 0.6 is 0 Å². The Hall–Kier alpha value is -2.29. The van der Waals surface area contributed by atoms with Crippen molar-refractivity contribution in [3.63, 3.8) is 0 Å². The number of benzene rings is 2. The molecule has 0 heterocycles. The molecule has 0 fully saturated rings. The van der Waals surface area contributed by atoms with Crippen LogP contribution in [0.2, 0.25) is 0 Å². The highest BCUT2D eigenvalue weighted by Gasteiger charge is 2.00. The molecule has 0 unspecified atom stereocenters. The number of fused-ring (bicyclic) bond motifs is 1. The van der Waals surface area contributed by atoms with E-state index < -0.39 is 5.97 Å². The second kappa shape index (κ2) is 5.36. The molecule has 0 saturated carbocycles. The first-order chi connectivity index (χ1) is 8.66. The quantitative estimate of drug-likeness (QED) is 0.807. The van der Waals surface area contributed by atoms with E-state index in [9.17, 15) is 4.79 Å². The lowest BCUT2D eigenvalue weighted by molar-refractivity contribution is -0.131. The van der Waals surface area contributed by atoms with Crippen molar-refractivity contribution in [2.24, 2.45) is 0 Å². The van der Waals surface area contributed by atoms with Crippen LogP contribution in [-0.4, -0.2) is 17.6 Å². The van der Waals surface area contributed by atoms with E-state index in [0.29, 0.717) is 6.54 Å². The Balaban J connectivity index is 2.20. The first-order valence-electron chi connectivity index (χ1n) is 5.78. The Bertz CT molecular complexity index is 597. The normalized spacial score (nSPS) is 11.5. The van der Waals surface area contributed by atoms with Gasteiger partial charge in [-0.1, -0.05) is 36.4 Å². The second-order valence-corrected chi connectivity index (χ2v) is 4.21. The Morgan fingerprint density at radius 3 is 2.72 bits per heavy atom. The molecule has 0 radical (unpaired) electrons. The smallest absolute Gasteiger partial charge is 0.328 e. The van der Waals surface area contributed by atoms with Crippen LogP contribution in [0.3, 0.4) is 0 Å². The zero-order valence-electron chi connectivity index (χ0n) is 10.2. The summed E-state index contributed by atoms with van der Waals surface area (Å²) in [5.74, 6) is -0.910. The van der Waals surface area contributed by atoms with Crippen LogP contribution in [0.1, 0.15) is 6.92 Å². The van der Waals surface area contributed by atoms with Gasteiger partial charge >= 0.3 is 5.97 Å². The molecular formula is C15H15NO2. The van der Waals surface area contributed by atoms with Gasteiger partial charge in [-0.2, -0.15) is 0 Å². The fraction of sp³-hybridized carbons (Fsp3) is 0.133. The van der Waals surface area contributed by atoms with E-state index >= 15 is 0 Å². The number of carboxylic acids is 1. The molecule has 0 aliphatic carbocycles. The number of rotatable bonds is 4. The molecule has 92 valence electrons. The van der Waals surface area contributed by atoms with Gasteiger partial charge in [0.1, 0.15) is 0 Å². The van der Waals surface area contributed by atoms with E-state index in [0.717, 1.165) is 16.6 Å². The van der Waals surface area contributed by atoms with Crippen molar-refractivity contribution in [3.05, 3.63) is 54.1 Å². The number of nitrogens with one attached hydrogen (secondary N) is 1. The Labute approximate surface area is 106 Å². The molecule has 3 heteroatoms. The zero-order valence-corrected chi connectivity index (χ0v) is 10.2. The first-order valence-corrected chi connectivity index (χ1v) is 5.78. The van der Waals surface area contributed by atoms with Crippen LogP contribution in [0.5, 0.6) is 0 Å². The molecule has 0 saturated heterocycles. The molecule has 0 bridgehead atoms. The average Bonchev–Trinajstić information content (AvgIpc) is 2.35. The summed E-state index contributed by atoms with van der Waals surface area (Å²) >= 11 is 0. The van der Waals surface area contributed by atoms with Gasteiger partial charge in [-0.3, -0.25) is 0 Å². The summed E-state index contributed by atoms with van der Waals surface area (Å²) in [4.78, 5) is 10.5. The van der Waals surface area contributed by atoms with E-state index in [2.05, 4.69) is 17.4 Å². The molecule has 0 aromatic heterocycles. The van der Waals surface area contributed by atoms with Gasteiger partial charge in [0.2, 0.25) is 0 Å². The van der Waals surface area contributed by atoms with Crippen molar-refractivity contribution in [1.29, 1.82) is 0 Å². The lowest BCUT2D eigenvalue weighted by Gasteiger charge is -2.09. The van der Waals surface area contributed by atoms with Gasteiger partial charge in [0.15, 0.2) is 0 Å². The van der Waals surface area contributed by atoms with Crippen molar-refractivity contribution in [1.82, 2.24) is 0 Å². The molecule has 2 rings (SSSR count). The highest BCUT2D eigenvalue weighted by Crippen LogP contribution is 2.22.